The van der Waals surface area contributed by atoms with Gasteiger partial charge in [-0.1, -0.05) is 11.3 Å². The number of hydrogen-bond acceptors (Lipinski definition) is 5. The van der Waals surface area contributed by atoms with Gasteiger partial charge in [0.2, 0.25) is 0 Å². The Labute approximate surface area is 156 Å². The summed E-state index contributed by atoms with van der Waals surface area (Å²) >= 11 is 0.483. The summed E-state index contributed by atoms with van der Waals surface area (Å²) in [5.74, 6) is -3.80. The summed E-state index contributed by atoms with van der Waals surface area (Å²) in [5.41, 5.74) is 0.101. The second kappa shape index (κ2) is 7.71. The molecule has 0 saturated heterocycles. The van der Waals surface area contributed by atoms with E-state index in [1.165, 1.54) is 0 Å². The molecule has 2 rings (SSSR count). The van der Waals surface area contributed by atoms with Gasteiger partial charge in [-0.25, -0.2) is 0 Å². The summed E-state index contributed by atoms with van der Waals surface area (Å²) in [4.78, 5) is 13.6. The second-order valence-corrected chi connectivity index (χ2v) is 7.85. The van der Waals surface area contributed by atoms with Crippen LogP contribution in [0, 0.1) is 0 Å². The van der Waals surface area contributed by atoms with Crippen LogP contribution in [0.15, 0.2) is 23.2 Å². The number of rotatable bonds is 5. The lowest BCUT2D eigenvalue weighted by Gasteiger charge is -2.09. The molecule has 0 spiro atoms. The van der Waals surface area contributed by atoms with Gasteiger partial charge < -0.3 is 9.30 Å². The second-order valence-electron chi connectivity index (χ2n) is 5.27. The van der Waals surface area contributed by atoms with E-state index in [1.807, 2.05) is 0 Å². The lowest BCUT2D eigenvalue weighted by Crippen LogP contribution is -2.25. The van der Waals surface area contributed by atoms with Crippen molar-refractivity contribution in [1.82, 2.24) is 4.57 Å². The molecule has 1 N–H and O–H groups in total. The maximum absolute atomic E-state index is 12.5. The van der Waals surface area contributed by atoms with Crippen molar-refractivity contribution in [3.8, 4) is 5.75 Å². The van der Waals surface area contributed by atoms with Crippen LogP contribution in [0.5, 0.6) is 5.75 Å². The molecular weight excluding hydrogens is 442 g/mol. The van der Waals surface area contributed by atoms with E-state index < -0.39 is 44.9 Å². The standard InChI is InChI=1S/C13H10F6N2O5S2/c14-12(15,16)10(22)20-11-21(4-1-5-28(23,24)25)8-3-2-7(6-9(8)27-11)26-13(17,18)19/h2-3,6H,1,4-5H2,(H,23,24,25). The van der Waals surface area contributed by atoms with Crippen LogP contribution in [0.2, 0.25) is 0 Å². The smallest absolute Gasteiger partial charge is 0.406 e. The fourth-order valence-electron chi connectivity index (χ4n) is 2.11. The number of ether oxygens (including phenoxy) is 1. The van der Waals surface area contributed by atoms with Crippen LogP contribution < -0.4 is 9.54 Å². The van der Waals surface area contributed by atoms with Crippen molar-refractivity contribution in [2.24, 2.45) is 4.99 Å². The van der Waals surface area contributed by atoms with E-state index in [1.54, 1.807) is 0 Å². The molecule has 0 aliphatic heterocycles. The van der Waals surface area contributed by atoms with Crippen LogP contribution in [0.3, 0.4) is 0 Å². The van der Waals surface area contributed by atoms with Gasteiger partial charge in [0.1, 0.15) is 5.75 Å². The number of halogens is 6. The molecule has 1 heterocycles. The topological polar surface area (TPSA) is 98.0 Å². The molecular formula is C13H10F6N2O5S2. The maximum Gasteiger partial charge on any atom is 0.573 e. The van der Waals surface area contributed by atoms with Crippen LogP contribution in [-0.2, 0) is 21.5 Å². The monoisotopic (exact) mass is 452 g/mol. The van der Waals surface area contributed by atoms with Gasteiger partial charge in [-0.3, -0.25) is 9.35 Å². The highest BCUT2D eigenvalue weighted by Gasteiger charge is 2.38. The quantitative estimate of drug-likeness (QED) is 0.556. The maximum atomic E-state index is 12.5. The summed E-state index contributed by atoms with van der Waals surface area (Å²) < 4.78 is 109. The molecule has 0 fully saturated rings. The molecule has 0 saturated carbocycles. The van der Waals surface area contributed by atoms with Crippen LogP contribution in [0.1, 0.15) is 6.42 Å². The predicted molar refractivity (Wildman–Crippen MR) is 84.2 cm³/mol. The van der Waals surface area contributed by atoms with E-state index in [9.17, 15) is 39.6 Å². The Bertz CT molecular complexity index is 1050. The molecule has 1 aromatic carbocycles. The van der Waals surface area contributed by atoms with E-state index in [4.69, 9.17) is 4.55 Å². The molecule has 1 aromatic heterocycles. The van der Waals surface area contributed by atoms with E-state index in [-0.39, 0.29) is 23.2 Å². The van der Waals surface area contributed by atoms with Gasteiger partial charge >= 0.3 is 18.4 Å². The summed E-state index contributed by atoms with van der Waals surface area (Å²) in [6.07, 6.45) is -10.5. The van der Waals surface area contributed by atoms with Crippen molar-refractivity contribution in [2.75, 3.05) is 5.75 Å². The Morgan fingerprint density at radius 2 is 1.86 bits per heavy atom. The Morgan fingerprint density at radius 1 is 1.21 bits per heavy atom. The average molecular weight is 452 g/mol. The molecule has 0 unspecified atom stereocenters. The number of alkyl halides is 6. The first-order valence-corrected chi connectivity index (χ1v) is 9.58. The third-order valence-electron chi connectivity index (χ3n) is 3.11. The largest absolute Gasteiger partial charge is 0.573 e. The normalized spacial score (nSPS) is 13.9. The van der Waals surface area contributed by atoms with Crippen LogP contribution in [0.4, 0.5) is 26.3 Å². The number of thiazole rings is 1. The SMILES string of the molecule is O=C(N=c1sc2cc(OC(F)(F)F)ccc2n1CCCS(=O)(=O)O)C(F)(F)F. The zero-order valence-electron chi connectivity index (χ0n) is 13.4. The molecule has 0 bridgehead atoms. The lowest BCUT2D eigenvalue weighted by atomic mass is 10.3. The van der Waals surface area contributed by atoms with Crippen LogP contribution in [0.25, 0.3) is 10.2 Å². The molecule has 0 aliphatic carbocycles. The Morgan fingerprint density at radius 3 is 2.39 bits per heavy atom. The first-order valence-electron chi connectivity index (χ1n) is 7.16. The number of fused-ring (bicyclic) bond motifs is 1. The van der Waals surface area contributed by atoms with E-state index in [0.29, 0.717) is 11.3 Å². The number of amides is 1. The van der Waals surface area contributed by atoms with Gasteiger partial charge in [-0.05, 0) is 24.6 Å². The van der Waals surface area contributed by atoms with Gasteiger partial charge in [0.15, 0.2) is 4.80 Å². The molecule has 1 amide bonds. The average Bonchev–Trinajstić information content (AvgIpc) is 2.80. The van der Waals surface area contributed by atoms with Gasteiger partial charge in [0.05, 0.1) is 16.0 Å². The minimum atomic E-state index is -5.27. The Hall–Kier alpha value is -2.13. The summed E-state index contributed by atoms with van der Waals surface area (Å²) in [6.45, 7) is -0.275. The van der Waals surface area contributed by atoms with Gasteiger partial charge in [-0.2, -0.15) is 26.6 Å². The third kappa shape index (κ3) is 6.20. The van der Waals surface area contributed by atoms with E-state index in [2.05, 4.69) is 9.73 Å². The number of benzene rings is 1. The molecule has 2 aromatic rings. The van der Waals surface area contributed by atoms with Crippen molar-refractivity contribution in [3.63, 3.8) is 0 Å². The molecule has 156 valence electrons. The minimum absolute atomic E-state index is 0.0160. The lowest BCUT2D eigenvalue weighted by molar-refractivity contribution is -0.274. The summed E-state index contributed by atoms with van der Waals surface area (Å²) in [6, 6.07) is 2.89. The van der Waals surface area contributed by atoms with Crippen molar-refractivity contribution in [2.45, 2.75) is 25.5 Å². The molecule has 28 heavy (non-hydrogen) atoms. The van der Waals surface area contributed by atoms with Gasteiger partial charge in [0, 0.05) is 6.54 Å². The molecule has 0 radical (unpaired) electrons. The Balaban J connectivity index is 2.53. The minimum Gasteiger partial charge on any atom is -0.406 e. The molecule has 7 nitrogen and oxygen atoms in total. The number of aromatic nitrogens is 1. The molecule has 0 aliphatic rings. The fraction of sp³-hybridized carbons (Fsp3) is 0.385. The number of aryl methyl sites for hydroxylation is 1. The van der Waals surface area contributed by atoms with E-state index >= 15 is 0 Å². The first kappa shape index (κ1) is 22.2. The number of nitrogens with zero attached hydrogens (tertiary/aromatic N) is 2. The highest BCUT2D eigenvalue weighted by atomic mass is 32.2. The third-order valence-corrected chi connectivity index (χ3v) is 4.96. The number of hydrogen-bond donors (Lipinski definition) is 1. The fourth-order valence-corrected chi connectivity index (χ4v) is 3.68. The number of carbonyl (C=O) groups is 1. The van der Waals surface area contributed by atoms with Crippen molar-refractivity contribution < 1.29 is 48.8 Å². The van der Waals surface area contributed by atoms with Crippen molar-refractivity contribution >= 4 is 37.6 Å². The predicted octanol–water partition coefficient (Wildman–Crippen LogP) is 2.87. The van der Waals surface area contributed by atoms with Crippen molar-refractivity contribution in [1.29, 1.82) is 0 Å². The van der Waals surface area contributed by atoms with Gasteiger partial charge in [-0.15, -0.1) is 13.2 Å². The van der Waals surface area contributed by atoms with E-state index in [0.717, 1.165) is 22.8 Å². The summed E-state index contributed by atoms with van der Waals surface area (Å²) in [5, 5.41) is 0. The van der Waals surface area contributed by atoms with Crippen molar-refractivity contribution in [3.05, 3.63) is 23.0 Å². The van der Waals surface area contributed by atoms with Crippen LogP contribution in [-0.4, -0.2) is 41.7 Å². The zero-order chi connectivity index (χ0) is 21.3. The highest BCUT2D eigenvalue weighted by molar-refractivity contribution is 7.85. The van der Waals surface area contributed by atoms with Gasteiger partial charge in [0.25, 0.3) is 10.1 Å². The molecule has 15 heteroatoms. The highest BCUT2D eigenvalue weighted by Crippen LogP contribution is 2.28. The first-order chi connectivity index (χ1) is 12.7. The van der Waals surface area contributed by atoms with Crippen LogP contribution >= 0.6 is 11.3 Å². The Kier molecular flexibility index (Phi) is 6.10. The summed E-state index contributed by atoms with van der Waals surface area (Å²) in [7, 11) is -4.35. The molecule has 0 atom stereocenters. The number of carbonyl (C=O) groups excluding carboxylic acids is 1. The zero-order valence-corrected chi connectivity index (χ0v) is 15.0.